The Labute approximate surface area is 275 Å². The molecule has 2 fully saturated rings. The summed E-state index contributed by atoms with van der Waals surface area (Å²) in [5.41, 5.74) is 2.70. The molecule has 0 aliphatic carbocycles. The van der Waals surface area contributed by atoms with Gasteiger partial charge in [0.25, 0.3) is 5.91 Å². The van der Waals surface area contributed by atoms with Crippen molar-refractivity contribution < 1.29 is 28.9 Å². The molecule has 2 saturated heterocycles. The molecule has 230 valence electrons. The Hall–Kier alpha value is -3.12. The van der Waals surface area contributed by atoms with Gasteiger partial charge in [0, 0.05) is 31.7 Å². The second-order valence-electron chi connectivity index (χ2n) is 10.1. The van der Waals surface area contributed by atoms with E-state index in [9.17, 15) is 9.59 Å². The molecule has 8 nitrogen and oxygen atoms in total. The lowest BCUT2D eigenvalue weighted by atomic mass is 10.0. The van der Waals surface area contributed by atoms with E-state index >= 15 is 0 Å². The lowest BCUT2D eigenvalue weighted by Gasteiger charge is -2.26. The molecule has 2 heterocycles. The fourth-order valence-corrected chi connectivity index (χ4v) is 6.32. The van der Waals surface area contributed by atoms with Crippen LogP contribution in [0.1, 0.15) is 22.3 Å². The summed E-state index contributed by atoms with van der Waals surface area (Å²) in [5.74, 6) is 0.117. The Morgan fingerprint density at radius 3 is 2.48 bits per heavy atom. The van der Waals surface area contributed by atoms with Crippen LogP contribution in [0.2, 0.25) is 10.0 Å². The number of hydrogen-bond donors (Lipinski definition) is 1. The Kier molecular flexibility index (Phi) is 11.2. The highest BCUT2D eigenvalue weighted by Crippen LogP contribution is 2.37. The van der Waals surface area contributed by atoms with Crippen LogP contribution < -0.4 is 9.47 Å². The smallest absolute Gasteiger partial charge is 0.335 e. The van der Waals surface area contributed by atoms with Crippen molar-refractivity contribution in [1.29, 1.82) is 0 Å². The van der Waals surface area contributed by atoms with Crippen molar-refractivity contribution in [1.82, 2.24) is 9.80 Å². The van der Waals surface area contributed by atoms with Gasteiger partial charge in [-0.05, 0) is 72.2 Å². The first kappa shape index (κ1) is 32.3. The number of carboxylic acids is 1. The van der Waals surface area contributed by atoms with Gasteiger partial charge < -0.3 is 19.3 Å². The summed E-state index contributed by atoms with van der Waals surface area (Å²) >= 11 is 19.3. The molecule has 5 rings (SSSR count). The Morgan fingerprint density at radius 1 is 0.977 bits per heavy atom. The predicted octanol–water partition coefficient (Wildman–Crippen LogP) is 6.74. The maximum absolute atomic E-state index is 13.3. The minimum atomic E-state index is -0.992. The molecule has 0 atom stereocenters. The van der Waals surface area contributed by atoms with Crippen LogP contribution in [-0.4, -0.2) is 83.7 Å². The van der Waals surface area contributed by atoms with E-state index in [2.05, 4.69) is 4.90 Å². The summed E-state index contributed by atoms with van der Waals surface area (Å²) in [4.78, 5) is 28.7. The second-order valence-corrected chi connectivity index (χ2v) is 12.5. The highest BCUT2D eigenvalue weighted by atomic mass is 35.5. The molecule has 12 heteroatoms. The average molecular weight is 674 g/mol. The number of halogens is 2. The van der Waals surface area contributed by atoms with E-state index in [0.717, 1.165) is 49.5 Å². The van der Waals surface area contributed by atoms with Gasteiger partial charge in [-0.1, -0.05) is 59.3 Å². The number of nitrogens with zero attached hydrogens (tertiary/aromatic N) is 2. The van der Waals surface area contributed by atoms with Crippen molar-refractivity contribution in [3.8, 4) is 22.6 Å². The molecule has 0 saturated carbocycles. The molecule has 2 aliphatic heterocycles. The Morgan fingerprint density at radius 2 is 1.75 bits per heavy atom. The lowest BCUT2D eigenvalue weighted by Crippen LogP contribution is -2.38. The van der Waals surface area contributed by atoms with Crippen LogP contribution >= 0.6 is 47.2 Å². The third kappa shape index (κ3) is 8.32. The van der Waals surface area contributed by atoms with Crippen LogP contribution in [0.3, 0.4) is 0 Å². The number of thiocarbonyl (C=S) groups is 1. The van der Waals surface area contributed by atoms with Crippen LogP contribution in [0.15, 0.2) is 65.6 Å². The van der Waals surface area contributed by atoms with Crippen LogP contribution in [0.25, 0.3) is 17.2 Å². The maximum atomic E-state index is 13.3. The van der Waals surface area contributed by atoms with E-state index in [1.807, 2.05) is 30.3 Å². The normalized spacial score (nSPS) is 16.5. The first-order valence-corrected chi connectivity index (χ1v) is 16.0. The molecule has 0 spiro atoms. The summed E-state index contributed by atoms with van der Waals surface area (Å²) in [6.45, 7) is 5.29. The number of amides is 1. The zero-order chi connectivity index (χ0) is 31.1. The number of carbonyl (C=O) groups is 2. The molecule has 1 amide bonds. The van der Waals surface area contributed by atoms with Crippen molar-refractivity contribution in [2.75, 3.05) is 52.6 Å². The van der Waals surface area contributed by atoms with Gasteiger partial charge in [0.15, 0.2) is 0 Å². The Bertz CT molecular complexity index is 1560. The topological polar surface area (TPSA) is 88.5 Å². The fraction of sp³-hybridized carbons (Fsp3) is 0.281. The number of rotatable bonds is 12. The van der Waals surface area contributed by atoms with Crippen molar-refractivity contribution in [3.63, 3.8) is 0 Å². The highest BCUT2D eigenvalue weighted by molar-refractivity contribution is 8.26. The van der Waals surface area contributed by atoms with Gasteiger partial charge in [-0.3, -0.25) is 14.6 Å². The van der Waals surface area contributed by atoms with E-state index in [1.165, 1.54) is 23.9 Å². The molecule has 1 N–H and O–H groups in total. The van der Waals surface area contributed by atoms with Crippen molar-refractivity contribution in [2.45, 2.75) is 6.42 Å². The van der Waals surface area contributed by atoms with E-state index in [0.29, 0.717) is 56.9 Å². The maximum Gasteiger partial charge on any atom is 0.335 e. The third-order valence-corrected chi connectivity index (χ3v) is 9.19. The molecule has 0 aromatic heterocycles. The van der Waals surface area contributed by atoms with E-state index in [-0.39, 0.29) is 11.5 Å². The molecule has 3 aromatic carbocycles. The molecular formula is C32H30Cl2N2O6S2. The molecule has 0 unspecified atom stereocenters. The summed E-state index contributed by atoms with van der Waals surface area (Å²) < 4.78 is 17.9. The van der Waals surface area contributed by atoms with E-state index < -0.39 is 5.97 Å². The number of carbonyl (C=O) groups excluding carboxylic acids is 1. The van der Waals surface area contributed by atoms with Gasteiger partial charge in [-0.15, -0.1) is 0 Å². The van der Waals surface area contributed by atoms with Crippen molar-refractivity contribution in [2.24, 2.45) is 0 Å². The summed E-state index contributed by atoms with van der Waals surface area (Å²) in [6, 6.07) is 17.4. The fourth-order valence-electron chi connectivity index (χ4n) is 4.71. The van der Waals surface area contributed by atoms with Gasteiger partial charge in [-0.2, -0.15) is 0 Å². The van der Waals surface area contributed by atoms with Gasteiger partial charge >= 0.3 is 5.97 Å². The van der Waals surface area contributed by atoms with Gasteiger partial charge in [0.1, 0.15) is 22.4 Å². The summed E-state index contributed by atoms with van der Waals surface area (Å²) in [6.07, 6.45) is 2.39. The lowest BCUT2D eigenvalue weighted by molar-refractivity contribution is -0.122. The van der Waals surface area contributed by atoms with Crippen LogP contribution in [0.5, 0.6) is 11.5 Å². The predicted molar refractivity (Wildman–Crippen MR) is 178 cm³/mol. The summed E-state index contributed by atoms with van der Waals surface area (Å²) in [7, 11) is 0. The van der Waals surface area contributed by atoms with Crippen LogP contribution in [0.4, 0.5) is 0 Å². The minimum Gasteiger partial charge on any atom is -0.494 e. The largest absolute Gasteiger partial charge is 0.494 e. The van der Waals surface area contributed by atoms with Crippen molar-refractivity contribution in [3.05, 3.63) is 86.7 Å². The molecule has 0 radical (unpaired) electrons. The molecular weight excluding hydrogens is 643 g/mol. The highest BCUT2D eigenvalue weighted by Gasteiger charge is 2.31. The first-order valence-electron chi connectivity index (χ1n) is 14.0. The number of benzene rings is 3. The second kappa shape index (κ2) is 15.2. The molecule has 2 aliphatic rings. The Balaban J connectivity index is 1.25. The molecule has 0 bridgehead atoms. The third-order valence-electron chi connectivity index (χ3n) is 7.07. The number of thioether (sulfide) groups is 1. The quantitative estimate of drug-likeness (QED) is 0.128. The number of aromatic carboxylic acids is 1. The zero-order valence-corrected chi connectivity index (χ0v) is 26.8. The number of ether oxygens (including phenoxy) is 3. The standard InChI is InChI=1S/C32H30Cl2N2O6S2/c33-26-8-5-23(20-27(26)34)25-18-21(2-9-28(25)42-17-13-35-11-15-40-16-12-35)19-29-30(37)36(32(43)44-29)10-1-14-41-24-6-3-22(4-7-24)31(38)39/h2-9,18-20H,1,10-17H2,(H,38,39)/b29-19-. The van der Waals surface area contributed by atoms with Crippen LogP contribution in [0, 0.1) is 0 Å². The first-order chi connectivity index (χ1) is 21.3. The van der Waals surface area contributed by atoms with E-state index in [4.69, 9.17) is 54.7 Å². The van der Waals surface area contributed by atoms with Gasteiger partial charge in [0.05, 0.1) is 40.3 Å². The average Bonchev–Trinajstić information content (AvgIpc) is 3.29. The van der Waals surface area contributed by atoms with Crippen molar-refractivity contribution >= 4 is 69.5 Å². The van der Waals surface area contributed by atoms with Gasteiger partial charge in [0.2, 0.25) is 0 Å². The minimum absolute atomic E-state index is 0.160. The van der Waals surface area contributed by atoms with Crippen LogP contribution in [-0.2, 0) is 9.53 Å². The van der Waals surface area contributed by atoms with E-state index in [1.54, 1.807) is 29.2 Å². The summed E-state index contributed by atoms with van der Waals surface area (Å²) in [5, 5.41) is 9.93. The molecule has 3 aromatic rings. The van der Waals surface area contributed by atoms with Gasteiger partial charge in [-0.25, -0.2) is 4.79 Å². The monoisotopic (exact) mass is 672 g/mol. The molecule has 44 heavy (non-hydrogen) atoms. The number of hydrogen-bond acceptors (Lipinski definition) is 8. The number of morpholine rings is 1. The SMILES string of the molecule is O=C(O)c1ccc(OCCCN2C(=O)/C(=C/c3ccc(OCCN4CCOCC4)c(-c4ccc(Cl)c(Cl)c4)c3)SC2=S)cc1. The number of carboxylic acid groups (broad SMARTS) is 1. The zero-order valence-electron chi connectivity index (χ0n) is 23.7.